The van der Waals surface area contributed by atoms with Gasteiger partial charge in [0.15, 0.2) is 12.0 Å². The molecule has 1 aromatic carbocycles. The zero-order valence-corrected chi connectivity index (χ0v) is 8.18. The summed E-state index contributed by atoms with van der Waals surface area (Å²) in [5.41, 5.74) is 0.820. The van der Waals surface area contributed by atoms with Crippen LogP contribution in [0.15, 0.2) is 36.4 Å². The van der Waals surface area contributed by atoms with Gasteiger partial charge in [-0.05, 0) is 24.3 Å². The first-order valence-corrected chi connectivity index (χ1v) is 4.55. The maximum absolute atomic E-state index is 13.4. The Kier molecular flexibility index (Phi) is 2.74. The molecule has 0 saturated heterocycles. The SMILES string of the molecule is N#CNc1ccc(-c2ccccc2F)nn1. The molecule has 1 N–H and O–H groups in total. The number of hydrogen-bond donors (Lipinski definition) is 1. The smallest absolute Gasteiger partial charge is 0.182 e. The van der Waals surface area contributed by atoms with Gasteiger partial charge in [0.1, 0.15) is 5.82 Å². The quantitative estimate of drug-likeness (QED) is 0.614. The van der Waals surface area contributed by atoms with E-state index in [0.29, 0.717) is 17.1 Å². The van der Waals surface area contributed by atoms with Gasteiger partial charge in [0.2, 0.25) is 0 Å². The summed E-state index contributed by atoms with van der Waals surface area (Å²) < 4.78 is 13.4. The fourth-order valence-electron chi connectivity index (χ4n) is 1.27. The van der Waals surface area contributed by atoms with Gasteiger partial charge in [-0.15, -0.1) is 10.2 Å². The first-order valence-electron chi connectivity index (χ1n) is 4.55. The normalized spacial score (nSPS) is 9.50. The predicted molar refractivity (Wildman–Crippen MR) is 56.7 cm³/mol. The van der Waals surface area contributed by atoms with Crippen molar-refractivity contribution in [1.29, 1.82) is 5.26 Å². The molecule has 0 unspecified atom stereocenters. The Balaban J connectivity index is 2.36. The highest BCUT2D eigenvalue weighted by molar-refractivity contribution is 5.60. The lowest BCUT2D eigenvalue weighted by Crippen LogP contribution is -1.95. The second kappa shape index (κ2) is 4.36. The molecule has 0 aliphatic heterocycles. The molecule has 0 saturated carbocycles. The predicted octanol–water partition coefficient (Wildman–Crippen LogP) is 2.18. The van der Waals surface area contributed by atoms with Crippen LogP contribution in [-0.4, -0.2) is 10.2 Å². The monoisotopic (exact) mass is 214 g/mol. The van der Waals surface area contributed by atoms with Crippen molar-refractivity contribution in [3.63, 3.8) is 0 Å². The van der Waals surface area contributed by atoms with Crippen molar-refractivity contribution in [3.8, 4) is 17.5 Å². The van der Waals surface area contributed by atoms with Gasteiger partial charge in [-0.25, -0.2) is 4.39 Å². The highest BCUT2D eigenvalue weighted by atomic mass is 19.1. The number of halogens is 1. The van der Waals surface area contributed by atoms with E-state index in [1.54, 1.807) is 36.5 Å². The van der Waals surface area contributed by atoms with Crippen LogP contribution in [0.25, 0.3) is 11.3 Å². The van der Waals surface area contributed by atoms with Gasteiger partial charge in [0.05, 0.1) is 5.69 Å². The largest absolute Gasteiger partial charge is 0.275 e. The van der Waals surface area contributed by atoms with E-state index in [4.69, 9.17) is 5.26 Å². The van der Waals surface area contributed by atoms with Gasteiger partial charge in [0, 0.05) is 5.56 Å². The molecule has 0 atom stereocenters. The minimum Gasteiger partial charge on any atom is -0.275 e. The van der Waals surface area contributed by atoms with E-state index in [-0.39, 0.29) is 5.82 Å². The number of hydrogen-bond acceptors (Lipinski definition) is 4. The molecule has 78 valence electrons. The Morgan fingerprint density at radius 3 is 2.56 bits per heavy atom. The molecule has 0 bridgehead atoms. The summed E-state index contributed by atoms with van der Waals surface area (Å²) in [5, 5.41) is 18.3. The summed E-state index contributed by atoms with van der Waals surface area (Å²) in [7, 11) is 0. The van der Waals surface area contributed by atoms with Gasteiger partial charge in [-0.1, -0.05) is 12.1 Å². The van der Waals surface area contributed by atoms with Crippen LogP contribution in [0.1, 0.15) is 0 Å². The molecule has 4 nitrogen and oxygen atoms in total. The number of nitrogens with one attached hydrogen (secondary N) is 1. The molecule has 0 aliphatic carbocycles. The van der Waals surface area contributed by atoms with Crippen LogP contribution in [0.5, 0.6) is 0 Å². The third-order valence-electron chi connectivity index (χ3n) is 2.00. The zero-order chi connectivity index (χ0) is 11.4. The molecule has 1 heterocycles. The average molecular weight is 214 g/mol. The second-order valence-corrected chi connectivity index (χ2v) is 3.02. The van der Waals surface area contributed by atoms with E-state index in [2.05, 4.69) is 15.5 Å². The second-order valence-electron chi connectivity index (χ2n) is 3.02. The first kappa shape index (κ1) is 10.1. The van der Waals surface area contributed by atoms with E-state index in [1.165, 1.54) is 6.07 Å². The molecule has 2 aromatic rings. The van der Waals surface area contributed by atoms with E-state index in [9.17, 15) is 4.39 Å². The lowest BCUT2D eigenvalue weighted by molar-refractivity contribution is 0.630. The van der Waals surface area contributed by atoms with Crippen molar-refractivity contribution in [3.05, 3.63) is 42.2 Å². The Morgan fingerprint density at radius 1 is 1.12 bits per heavy atom. The number of anilines is 1. The van der Waals surface area contributed by atoms with Gasteiger partial charge in [-0.2, -0.15) is 5.26 Å². The van der Waals surface area contributed by atoms with Gasteiger partial charge < -0.3 is 0 Å². The van der Waals surface area contributed by atoms with Crippen molar-refractivity contribution >= 4 is 5.82 Å². The number of benzene rings is 1. The molecule has 0 amide bonds. The summed E-state index contributed by atoms with van der Waals surface area (Å²) in [6.45, 7) is 0. The standard InChI is InChI=1S/C11H7FN4/c12-9-4-2-1-3-8(9)10-5-6-11(14-7-13)16-15-10/h1-6H,(H,14,16). The fraction of sp³-hybridized carbons (Fsp3) is 0. The Hall–Kier alpha value is -2.48. The molecule has 0 aliphatic rings. The van der Waals surface area contributed by atoms with Crippen LogP contribution in [0.2, 0.25) is 0 Å². The number of nitrogens with zero attached hydrogens (tertiary/aromatic N) is 3. The lowest BCUT2D eigenvalue weighted by atomic mass is 10.1. The van der Waals surface area contributed by atoms with E-state index in [0.717, 1.165) is 0 Å². The molecule has 0 radical (unpaired) electrons. The Morgan fingerprint density at radius 2 is 1.94 bits per heavy atom. The molecule has 0 spiro atoms. The summed E-state index contributed by atoms with van der Waals surface area (Å²) in [6.07, 6.45) is 1.73. The molecule has 1 aromatic heterocycles. The van der Waals surface area contributed by atoms with Crippen LogP contribution in [0.3, 0.4) is 0 Å². The topological polar surface area (TPSA) is 61.6 Å². The Bertz CT molecular complexity index is 530. The molecule has 16 heavy (non-hydrogen) atoms. The minimum atomic E-state index is -0.349. The molecule has 0 fully saturated rings. The Labute approximate surface area is 91.4 Å². The van der Waals surface area contributed by atoms with Gasteiger partial charge in [-0.3, -0.25) is 5.32 Å². The minimum absolute atomic E-state index is 0.336. The van der Waals surface area contributed by atoms with Crippen molar-refractivity contribution in [2.24, 2.45) is 0 Å². The van der Waals surface area contributed by atoms with Crippen molar-refractivity contribution in [1.82, 2.24) is 10.2 Å². The molecule has 2 rings (SSSR count). The summed E-state index contributed by atoms with van der Waals surface area (Å²) in [5.74, 6) is -0.0135. The van der Waals surface area contributed by atoms with E-state index in [1.807, 2.05) is 0 Å². The fourth-order valence-corrected chi connectivity index (χ4v) is 1.27. The van der Waals surface area contributed by atoms with Crippen LogP contribution in [0.4, 0.5) is 10.2 Å². The van der Waals surface area contributed by atoms with Crippen molar-refractivity contribution < 1.29 is 4.39 Å². The van der Waals surface area contributed by atoms with Gasteiger partial charge >= 0.3 is 0 Å². The summed E-state index contributed by atoms with van der Waals surface area (Å²) >= 11 is 0. The maximum atomic E-state index is 13.4. The van der Waals surface area contributed by atoms with Crippen molar-refractivity contribution in [2.45, 2.75) is 0 Å². The van der Waals surface area contributed by atoms with Crippen LogP contribution in [-0.2, 0) is 0 Å². The maximum Gasteiger partial charge on any atom is 0.182 e. The van der Waals surface area contributed by atoms with Crippen LogP contribution in [0, 0.1) is 17.3 Å². The van der Waals surface area contributed by atoms with Gasteiger partial charge in [0.25, 0.3) is 0 Å². The van der Waals surface area contributed by atoms with E-state index < -0.39 is 0 Å². The first-order chi connectivity index (χ1) is 7.81. The summed E-state index contributed by atoms with van der Waals surface area (Å²) in [6, 6.07) is 9.48. The number of aromatic nitrogens is 2. The number of rotatable bonds is 2. The average Bonchev–Trinajstić information content (AvgIpc) is 2.31. The highest BCUT2D eigenvalue weighted by Gasteiger charge is 2.05. The van der Waals surface area contributed by atoms with Crippen LogP contribution < -0.4 is 5.32 Å². The number of nitriles is 1. The highest BCUT2D eigenvalue weighted by Crippen LogP contribution is 2.19. The van der Waals surface area contributed by atoms with Crippen LogP contribution >= 0.6 is 0 Å². The zero-order valence-electron chi connectivity index (χ0n) is 8.18. The summed E-state index contributed by atoms with van der Waals surface area (Å²) in [4.78, 5) is 0. The lowest BCUT2D eigenvalue weighted by Gasteiger charge is -2.01. The molecular formula is C11H7FN4. The molecule has 5 heteroatoms. The van der Waals surface area contributed by atoms with Crippen molar-refractivity contribution in [2.75, 3.05) is 5.32 Å². The third kappa shape index (κ3) is 1.96. The van der Waals surface area contributed by atoms with E-state index >= 15 is 0 Å². The molecular weight excluding hydrogens is 207 g/mol. The third-order valence-corrected chi connectivity index (χ3v) is 2.00.